The van der Waals surface area contributed by atoms with Gasteiger partial charge in [-0.3, -0.25) is 4.79 Å². The fourth-order valence-electron chi connectivity index (χ4n) is 2.05. The second-order valence-electron chi connectivity index (χ2n) is 3.79. The summed E-state index contributed by atoms with van der Waals surface area (Å²) in [5.41, 5.74) is 5.36. The number of likely N-dealkylation sites (tertiary alicyclic amines) is 1. The molecule has 1 unspecified atom stereocenters. The number of hydrogen-bond acceptors (Lipinski definition) is 3. The molecule has 1 rings (SSSR count). The van der Waals surface area contributed by atoms with Crippen molar-refractivity contribution >= 4 is 5.91 Å². The lowest BCUT2D eigenvalue weighted by Gasteiger charge is -2.35. The summed E-state index contributed by atoms with van der Waals surface area (Å²) in [6.07, 6.45) is 4.41. The van der Waals surface area contributed by atoms with Crippen molar-refractivity contribution in [3.63, 3.8) is 0 Å². The first-order valence-corrected chi connectivity index (χ1v) is 5.40. The summed E-state index contributed by atoms with van der Waals surface area (Å²) in [4.78, 5) is 13.5. The predicted octanol–water partition coefficient (Wildman–Crippen LogP) is 0.0987. The van der Waals surface area contributed by atoms with E-state index in [-0.39, 0.29) is 18.6 Å². The van der Waals surface area contributed by atoms with E-state index in [1.807, 2.05) is 4.90 Å². The number of carbonyl (C=O) groups is 1. The van der Waals surface area contributed by atoms with Crippen molar-refractivity contribution in [1.29, 1.82) is 0 Å². The van der Waals surface area contributed by atoms with Gasteiger partial charge in [0.25, 0.3) is 0 Å². The quantitative estimate of drug-likeness (QED) is 0.676. The van der Waals surface area contributed by atoms with Crippen molar-refractivity contribution in [1.82, 2.24) is 4.90 Å². The van der Waals surface area contributed by atoms with Gasteiger partial charge in [-0.25, -0.2) is 0 Å². The molecule has 3 N–H and O–H groups in total. The van der Waals surface area contributed by atoms with Crippen LogP contribution in [0.4, 0.5) is 0 Å². The fourth-order valence-corrected chi connectivity index (χ4v) is 2.05. The van der Waals surface area contributed by atoms with Gasteiger partial charge in [-0.2, -0.15) is 0 Å². The van der Waals surface area contributed by atoms with Gasteiger partial charge in [-0.05, 0) is 25.7 Å². The first-order chi connectivity index (χ1) is 6.79. The van der Waals surface area contributed by atoms with Crippen LogP contribution < -0.4 is 5.73 Å². The molecule has 4 nitrogen and oxygen atoms in total. The highest BCUT2D eigenvalue weighted by atomic mass is 16.3. The maximum absolute atomic E-state index is 11.6. The number of piperidine rings is 1. The molecule has 0 bridgehead atoms. The molecule has 1 fully saturated rings. The summed E-state index contributed by atoms with van der Waals surface area (Å²) in [6.45, 7) is 1.42. The van der Waals surface area contributed by atoms with Crippen molar-refractivity contribution in [2.75, 3.05) is 19.7 Å². The van der Waals surface area contributed by atoms with Crippen LogP contribution in [0.25, 0.3) is 0 Å². The Kier molecular flexibility index (Phi) is 4.90. The molecule has 0 spiro atoms. The molecule has 0 aromatic carbocycles. The standard InChI is InChI=1S/C10H20N2O2/c11-6-4-10(14)12-7-2-1-3-9(12)5-8-13/h9,13H,1-8,11H2. The van der Waals surface area contributed by atoms with E-state index < -0.39 is 0 Å². The predicted molar refractivity (Wildman–Crippen MR) is 54.7 cm³/mol. The lowest BCUT2D eigenvalue weighted by molar-refractivity contribution is -0.134. The van der Waals surface area contributed by atoms with E-state index in [4.69, 9.17) is 10.8 Å². The Morgan fingerprint density at radius 3 is 2.93 bits per heavy atom. The summed E-state index contributed by atoms with van der Waals surface area (Å²) in [5, 5.41) is 8.89. The van der Waals surface area contributed by atoms with Gasteiger partial charge in [0.1, 0.15) is 0 Å². The molecule has 14 heavy (non-hydrogen) atoms. The number of nitrogens with zero attached hydrogens (tertiary/aromatic N) is 1. The van der Waals surface area contributed by atoms with Crippen LogP contribution in [-0.2, 0) is 4.79 Å². The summed E-state index contributed by atoms with van der Waals surface area (Å²) < 4.78 is 0. The molecule has 1 atom stereocenters. The topological polar surface area (TPSA) is 66.6 Å². The zero-order chi connectivity index (χ0) is 10.4. The van der Waals surface area contributed by atoms with Crippen LogP contribution in [0.2, 0.25) is 0 Å². The molecular weight excluding hydrogens is 180 g/mol. The first-order valence-electron chi connectivity index (χ1n) is 5.40. The van der Waals surface area contributed by atoms with Crippen LogP contribution in [0.3, 0.4) is 0 Å². The van der Waals surface area contributed by atoms with E-state index in [9.17, 15) is 4.79 Å². The number of aliphatic hydroxyl groups excluding tert-OH is 1. The highest BCUT2D eigenvalue weighted by Gasteiger charge is 2.25. The molecule has 82 valence electrons. The molecule has 1 aliphatic rings. The lowest BCUT2D eigenvalue weighted by Crippen LogP contribution is -2.44. The SMILES string of the molecule is NCCC(=O)N1CCCCC1CCO. The molecule has 0 radical (unpaired) electrons. The number of aliphatic hydroxyl groups is 1. The van der Waals surface area contributed by atoms with Gasteiger partial charge in [0.15, 0.2) is 0 Å². The van der Waals surface area contributed by atoms with E-state index in [0.717, 1.165) is 25.8 Å². The zero-order valence-corrected chi connectivity index (χ0v) is 8.61. The Hall–Kier alpha value is -0.610. The van der Waals surface area contributed by atoms with Gasteiger partial charge in [-0.1, -0.05) is 0 Å². The Balaban J connectivity index is 2.48. The van der Waals surface area contributed by atoms with Gasteiger partial charge >= 0.3 is 0 Å². The number of rotatable bonds is 4. The third-order valence-electron chi connectivity index (χ3n) is 2.77. The largest absolute Gasteiger partial charge is 0.396 e. The van der Waals surface area contributed by atoms with Crippen molar-refractivity contribution in [3.05, 3.63) is 0 Å². The minimum Gasteiger partial charge on any atom is -0.396 e. The molecule has 0 aliphatic carbocycles. The average molecular weight is 200 g/mol. The van der Waals surface area contributed by atoms with Gasteiger partial charge in [0.05, 0.1) is 0 Å². The molecule has 1 amide bonds. The van der Waals surface area contributed by atoms with Crippen molar-refractivity contribution in [2.24, 2.45) is 5.73 Å². The van der Waals surface area contributed by atoms with Crippen LogP contribution in [0.5, 0.6) is 0 Å². The van der Waals surface area contributed by atoms with E-state index in [2.05, 4.69) is 0 Å². The minimum atomic E-state index is 0.144. The van der Waals surface area contributed by atoms with Gasteiger partial charge < -0.3 is 15.7 Å². The highest BCUT2D eigenvalue weighted by Crippen LogP contribution is 2.19. The summed E-state index contributed by atoms with van der Waals surface area (Å²) in [5.74, 6) is 0.144. The van der Waals surface area contributed by atoms with Crippen LogP contribution in [0.1, 0.15) is 32.1 Å². The van der Waals surface area contributed by atoms with E-state index in [1.165, 1.54) is 0 Å². The van der Waals surface area contributed by atoms with Crippen LogP contribution >= 0.6 is 0 Å². The highest BCUT2D eigenvalue weighted by molar-refractivity contribution is 5.76. The monoisotopic (exact) mass is 200 g/mol. The normalized spacial score (nSPS) is 22.4. The van der Waals surface area contributed by atoms with Crippen molar-refractivity contribution < 1.29 is 9.90 Å². The Bertz CT molecular complexity index is 183. The van der Waals surface area contributed by atoms with Gasteiger partial charge in [0.2, 0.25) is 5.91 Å². The smallest absolute Gasteiger partial charge is 0.224 e. The fraction of sp³-hybridized carbons (Fsp3) is 0.900. The average Bonchev–Trinajstić information content (AvgIpc) is 2.19. The molecule has 4 heteroatoms. The van der Waals surface area contributed by atoms with Crippen LogP contribution in [0.15, 0.2) is 0 Å². The number of nitrogens with two attached hydrogens (primary N) is 1. The van der Waals surface area contributed by atoms with Gasteiger partial charge in [-0.15, -0.1) is 0 Å². The first kappa shape index (κ1) is 11.5. The third kappa shape index (κ3) is 2.96. The lowest BCUT2D eigenvalue weighted by atomic mass is 9.99. The Labute approximate surface area is 85.1 Å². The zero-order valence-electron chi connectivity index (χ0n) is 8.61. The van der Waals surface area contributed by atoms with Gasteiger partial charge in [0, 0.05) is 32.2 Å². The van der Waals surface area contributed by atoms with Crippen LogP contribution in [-0.4, -0.2) is 41.7 Å². The number of carbonyl (C=O) groups excluding carboxylic acids is 1. The molecule has 1 saturated heterocycles. The second kappa shape index (κ2) is 5.98. The van der Waals surface area contributed by atoms with Crippen LogP contribution in [0, 0.1) is 0 Å². The minimum absolute atomic E-state index is 0.144. The van der Waals surface area contributed by atoms with E-state index >= 15 is 0 Å². The molecule has 1 heterocycles. The molecule has 1 aliphatic heterocycles. The molecule has 0 aromatic rings. The molecule has 0 saturated carbocycles. The Morgan fingerprint density at radius 2 is 2.29 bits per heavy atom. The number of hydrogen-bond donors (Lipinski definition) is 2. The van der Waals surface area contributed by atoms with Crippen molar-refractivity contribution in [3.8, 4) is 0 Å². The summed E-state index contributed by atoms with van der Waals surface area (Å²) >= 11 is 0. The molecular formula is C10H20N2O2. The maximum atomic E-state index is 11.6. The molecule has 0 aromatic heterocycles. The maximum Gasteiger partial charge on any atom is 0.224 e. The van der Waals surface area contributed by atoms with E-state index in [0.29, 0.717) is 19.4 Å². The summed E-state index contributed by atoms with van der Waals surface area (Å²) in [6, 6.07) is 0.243. The third-order valence-corrected chi connectivity index (χ3v) is 2.77. The number of amides is 1. The second-order valence-corrected chi connectivity index (χ2v) is 3.79. The summed E-state index contributed by atoms with van der Waals surface area (Å²) in [7, 11) is 0. The van der Waals surface area contributed by atoms with E-state index in [1.54, 1.807) is 0 Å². The van der Waals surface area contributed by atoms with Crippen molar-refractivity contribution in [2.45, 2.75) is 38.1 Å². The Morgan fingerprint density at radius 1 is 1.50 bits per heavy atom.